The van der Waals surface area contributed by atoms with Crippen LogP contribution in [0.2, 0.25) is 0 Å². The number of benzene rings is 2. The minimum absolute atomic E-state index is 0.0611. The lowest BCUT2D eigenvalue weighted by Gasteiger charge is -2.31. The second-order valence-corrected chi connectivity index (χ2v) is 13.1. The molecule has 2 aliphatic heterocycles. The van der Waals surface area contributed by atoms with E-state index in [9.17, 15) is 9.59 Å². The molecule has 4 atom stereocenters. The Balaban J connectivity index is 0.000000152. The molecule has 8 rings (SSSR count). The molecular formula is C38H44N4O6. The third-order valence-corrected chi connectivity index (χ3v) is 10.2. The van der Waals surface area contributed by atoms with Crippen molar-refractivity contribution in [2.24, 2.45) is 0 Å². The van der Waals surface area contributed by atoms with E-state index in [1.165, 1.54) is 25.7 Å². The van der Waals surface area contributed by atoms with E-state index in [4.69, 9.17) is 18.9 Å². The van der Waals surface area contributed by atoms with Crippen LogP contribution in [0.3, 0.4) is 0 Å². The molecule has 2 spiro atoms. The zero-order valence-electron chi connectivity index (χ0n) is 27.8. The number of carbonyl (C=O) groups excluding carboxylic acids is 2. The predicted molar refractivity (Wildman–Crippen MR) is 180 cm³/mol. The summed E-state index contributed by atoms with van der Waals surface area (Å²) in [7, 11) is 0. The van der Waals surface area contributed by atoms with Crippen LogP contribution in [-0.4, -0.2) is 68.7 Å². The van der Waals surface area contributed by atoms with E-state index in [0.29, 0.717) is 24.6 Å². The maximum atomic E-state index is 12.4. The first-order chi connectivity index (χ1) is 23.5. The van der Waals surface area contributed by atoms with Crippen molar-refractivity contribution in [2.75, 3.05) is 26.4 Å². The van der Waals surface area contributed by atoms with E-state index in [0.717, 1.165) is 61.4 Å². The molecule has 0 N–H and O–H groups in total. The van der Waals surface area contributed by atoms with Gasteiger partial charge in [-0.1, -0.05) is 86.3 Å². The van der Waals surface area contributed by atoms with Crippen LogP contribution in [0.1, 0.15) is 98.3 Å². The van der Waals surface area contributed by atoms with E-state index in [1.54, 1.807) is 12.7 Å². The number of epoxide rings is 2. The van der Waals surface area contributed by atoms with Gasteiger partial charge in [0.1, 0.15) is 11.2 Å². The van der Waals surface area contributed by atoms with Crippen LogP contribution >= 0.6 is 0 Å². The van der Waals surface area contributed by atoms with E-state index in [2.05, 4.69) is 19.1 Å². The van der Waals surface area contributed by atoms with Crippen LogP contribution in [0.15, 0.2) is 73.3 Å². The number of ether oxygens (including phenoxy) is 4. The van der Waals surface area contributed by atoms with Gasteiger partial charge in [0.25, 0.3) is 0 Å². The summed E-state index contributed by atoms with van der Waals surface area (Å²) in [4.78, 5) is 33.6. The summed E-state index contributed by atoms with van der Waals surface area (Å²) < 4.78 is 26.4. The highest BCUT2D eigenvalue weighted by molar-refractivity contribution is 5.95. The molecule has 4 fully saturated rings. The summed E-state index contributed by atoms with van der Waals surface area (Å²) in [5.74, 6) is -0.728. The van der Waals surface area contributed by atoms with Crippen LogP contribution in [0, 0.1) is 0 Å². The topological polar surface area (TPSA) is 113 Å². The van der Waals surface area contributed by atoms with Gasteiger partial charge in [-0.25, -0.2) is 19.6 Å². The van der Waals surface area contributed by atoms with Crippen molar-refractivity contribution in [3.63, 3.8) is 0 Å². The van der Waals surface area contributed by atoms with Gasteiger partial charge >= 0.3 is 11.9 Å². The van der Waals surface area contributed by atoms with Crippen molar-refractivity contribution < 1.29 is 28.5 Å². The SMILES string of the molecule is CCOC(=O)c1ncn([C@@H]2CCCC[C@@]23CO3)c1-c1ccccc1.CCOC(=O)c1ncn([C@H]2CCCC[C@]23CO3)c1-c1ccccc1. The molecule has 4 heterocycles. The van der Waals surface area contributed by atoms with Crippen molar-refractivity contribution in [3.05, 3.63) is 84.7 Å². The van der Waals surface area contributed by atoms with Gasteiger partial charge < -0.3 is 28.1 Å². The smallest absolute Gasteiger partial charge is 0.359 e. The van der Waals surface area contributed by atoms with Crippen molar-refractivity contribution in [1.82, 2.24) is 19.1 Å². The number of imidazole rings is 2. The molecule has 10 nitrogen and oxygen atoms in total. The quantitative estimate of drug-likeness (QED) is 0.145. The Hall–Kier alpha value is -4.28. The maximum Gasteiger partial charge on any atom is 0.359 e. The minimum Gasteiger partial charge on any atom is -0.461 e. The monoisotopic (exact) mass is 652 g/mol. The summed E-state index contributed by atoms with van der Waals surface area (Å²) in [6.07, 6.45) is 12.6. The van der Waals surface area contributed by atoms with Crippen molar-refractivity contribution >= 4 is 11.9 Å². The first-order valence-electron chi connectivity index (χ1n) is 17.4. The van der Waals surface area contributed by atoms with Crippen LogP contribution in [0.5, 0.6) is 0 Å². The second-order valence-electron chi connectivity index (χ2n) is 13.1. The van der Waals surface area contributed by atoms with Gasteiger partial charge in [-0.15, -0.1) is 0 Å². The maximum absolute atomic E-state index is 12.4. The average molecular weight is 653 g/mol. The average Bonchev–Trinajstić information content (AvgIpc) is 3.96. The molecule has 4 aromatic rings. The zero-order chi connectivity index (χ0) is 33.1. The largest absolute Gasteiger partial charge is 0.461 e. The Morgan fingerprint density at radius 3 is 1.44 bits per heavy atom. The van der Waals surface area contributed by atoms with Gasteiger partial charge in [-0.3, -0.25) is 0 Å². The summed E-state index contributed by atoms with van der Waals surface area (Å²) in [5.41, 5.74) is 4.32. The van der Waals surface area contributed by atoms with Gasteiger partial charge in [-0.2, -0.15) is 0 Å². The van der Waals surface area contributed by atoms with Gasteiger partial charge in [0.2, 0.25) is 0 Å². The fourth-order valence-corrected chi connectivity index (χ4v) is 7.68. The molecule has 10 heteroatoms. The van der Waals surface area contributed by atoms with Gasteiger partial charge in [0, 0.05) is 11.1 Å². The Morgan fingerprint density at radius 1 is 0.688 bits per heavy atom. The highest BCUT2D eigenvalue weighted by atomic mass is 16.6. The normalized spacial score (nSPS) is 25.6. The van der Waals surface area contributed by atoms with Crippen LogP contribution in [0.25, 0.3) is 22.5 Å². The summed E-state index contributed by atoms with van der Waals surface area (Å²) in [6.45, 7) is 5.92. The van der Waals surface area contributed by atoms with Crippen molar-refractivity contribution in [3.8, 4) is 22.5 Å². The molecular weight excluding hydrogens is 608 g/mol. The molecule has 0 radical (unpaired) electrons. The lowest BCUT2D eigenvalue weighted by Crippen LogP contribution is -2.31. The highest BCUT2D eigenvalue weighted by Gasteiger charge is 2.55. The van der Waals surface area contributed by atoms with E-state index >= 15 is 0 Å². The lowest BCUT2D eigenvalue weighted by molar-refractivity contribution is 0.0511. The molecule has 0 amide bonds. The van der Waals surface area contributed by atoms with Crippen LogP contribution in [0.4, 0.5) is 0 Å². The Labute approximate surface area is 281 Å². The molecule has 48 heavy (non-hydrogen) atoms. The molecule has 2 aromatic carbocycles. The van der Waals surface area contributed by atoms with Crippen LogP contribution in [-0.2, 0) is 18.9 Å². The Bertz CT molecular complexity index is 1600. The third-order valence-electron chi connectivity index (χ3n) is 10.2. The van der Waals surface area contributed by atoms with E-state index < -0.39 is 0 Å². The Morgan fingerprint density at radius 2 is 1.08 bits per heavy atom. The highest BCUT2D eigenvalue weighted by Crippen LogP contribution is 2.51. The molecule has 2 aliphatic carbocycles. The predicted octanol–water partition coefficient (Wildman–Crippen LogP) is 7.22. The first kappa shape index (κ1) is 32.3. The van der Waals surface area contributed by atoms with Crippen LogP contribution < -0.4 is 0 Å². The number of hydrogen-bond donors (Lipinski definition) is 0. The summed E-state index contributed by atoms with van der Waals surface area (Å²) >= 11 is 0. The number of hydrogen-bond acceptors (Lipinski definition) is 8. The zero-order valence-corrected chi connectivity index (χ0v) is 27.8. The molecule has 252 valence electrons. The van der Waals surface area contributed by atoms with E-state index in [-0.39, 0.29) is 35.2 Å². The van der Waals surface area contributed by atoms with E-state index in [1.807, 2.05) is 74.5 Å². The number of rotatable bonds is 8. The summed E-state index contributed by atoms with van der Waals surface area (Å²) in [6, 6.07) is 20.4. The number of esters is 2. The van der Waals surface area contributed by atoms with Gasteiger partial charge in [0.15, 0.2) is 11.4 Å². The van der Waals surface area contributed by atoms with Crippen molar-refractivity contribution in [1.29, 1.82) is 0 Å². The molecule has 2 saturated heterocycles. The molecule has 0 unspecified atom stereocenters. The fraction of sp³-hybridized carbons (Fsp3) is 0.474. The lowest BCUT2D eigenvalue weighted by atomic mass is 9.84. The van der Waals surface area contributed by atoms with Gasteiger partial charge in [-0.05, 0) is 39.5 Å². The fourth-order valence-electron chi connectivity index (χ4n) is 7.68. The second kappa shape index (κ2) is 13.7. The molecule has 4 aliphatic rings. The number of nitrogens with zero attached hydrogens (tertiary/aromatic N) is 4. The first-order valence-corrected chi connectivity index (χ1v) is 17.4. The molecule has 2 saturated carbocycles. The molecule has 0 bridgehead atoms. The minimum atomic E-state index is -0.364. The van der Waals surface area contributed by atoms with Crippen molar-refractivity contribution in [2.45, 2.75) is 88.5 Å². The summed E-state index contributed by atoms with van der Waals surface area (Å²) in [5, 5.41) is 0. The Kier molecular flexibility index (Phi) is 9.20. The standard InChI is InChI=1S/2C19H22N2O3/c2*1-2-23-18(22)16-17(14-8-4-3-5-9-14)21(13-20-16)15-10-6-7-11-19(15)12-24-19/h2*3-5,8-9,13,15H,2,6-7,10-12H2,1H3/t2*15-,19-/m10/s1. The number of carbonyl (C=O) groups is 2. The van der Waals surface area contributed by atoms with Gasteiger partial charge in [0.05, 0.1) is 62.6 Å². The molecule has 2 aromatic heterocycles. The number of aromatic nitrogens is 4. The third kappa shape index (κ3) is 6.19.